The van der Waals surface area contributed by atoms with Gasteiger partial charge in [0, 0.05) is 6.07 Å². The van der Waals surface area contributed by atoms with Crippen molar-refractivity contribution < 1.29 is 18.0 Å². The number of nitrogens with two attached hydrogens (primary N) is 1. The molecule has 7 heteroatoms. The summed E-state index contributed by atoms with van der Waals surface area (Å²) in [5, 5.41) is 2.78. The number of anilines is 1. The van der Waals surface area contributed by atoms with E-state index in [1.807, 2.05) is 0 Å². The second-order valence-electron chi connectivity index (χ2n) is 3.18. The summed E-state index contributed by atoms with van der Waals surface area (Å²) in [6.07, 6.45) is 0. The molecule has 0 spiro atoms. The van der Waals surface area contributed by atoms with Crippen molar-refractivity contribution in [3.8, 4) is 17.1 Å². The maximum Gasteiger partial charge on any atom is 0.187 e. The average molecular weight is 261 g/mol. The maximum atomic E-state index is 13.6. The Morgan fingerprint density at radius 2 is 2.12 bits per heavy atom. The largest absolute Gasteiger partial charge is 0.493 e. The Balaban J connectivity index is 2.69. The first-order valence-electron chi connectivity index (χ1n) is 4.48. The summed E-state index contributed by atoms with van der Waals surface area (Å²) in [7, 11) is 1.23. The minimum absolute atomic E-state index is 0.0519. The van der Waals surface area contributed by atoms with E-state index in [1.165, 1.54) is 13.2 Å². The monoisotopic (exact) mass is 260 g/mol. The number of aromatic nitrogens is 1. The van der Waals surface area contributed by atoms with Crippen molar-refractivity contribution in [2.45, 2.75) is 0 Å². The molecule has 0 fully saturated rings. The molecule has 0 aliphatic heterocycles. The minimum atomic E-state index is -1.00. The fourth-order valence-corrected chi connectivity index (χ4v) is 1.52. The number of methoxy groups -OCH3 is 1. The predicted octanol–water partition coefficient (Wildman–Crippen LogP) is 2.86. The quantitative estimate of drug-likeness (QED) is 0.844. The maximum absolute atomic E-state index is 13.6. The van der Waals surface area contributed by atoms with Crippen LogP contribution in [-0.2, 0) is 0 Å². The van der Waals surface area contributed by atoms with Crippen LogP contribution in [0.3, 0.4) is 0 Å². The number of nitrogens with zero attached hydrogens (tertiary/aromatic N) is 1. The van der Waals surface area contributed by atoms with Crippen LogP contribution in [0.25, 0.3) is 11.3 Å². The van der Waals surface area contributed by atoms with Crippen LogP contribution in [0.15, 0.2) is 16.7 Å². The van der Waals surface area contributed by atoms with Gasteiger partial charge in [-0.05, 0) is 6.07 Å². The van der Waals surface area contributed by atoms with Gasteiger partial charge in [0.05, 0.1) is 12.7 Å². The van der Waals surface area contributed by atoms with Gasteiger partial charge in [-0.15, -0.1) is 0 Å². The molecular weight excluding hydrogens is 254 g/mol. The molecule has 0 unspecified atom stereocenters. The van der Waals surface area contributed by atoms with Crippen LogP contribution in [0.2, 0.25) is 5.02 Å². The molecule has 90 valence electrons. The van der Waals surface area contributed by atoms with Crippen LogP contribution >= 0.6 is 11.6 Å². The third kappa shape index (κ3) is 1.91. The first-order chi connectivity index (χ1) is 8.04. The van der Waals surface area contributed by atoms with E-state index >= 15 is 0 Å². The normalized spacial score (nSPS) is 10.6. The second kappa shape index (κ2) is 4.21. The van der Waals surface area contributed by atoms with Gasteiger partial charge in [0.25, 0.3) is 0 Å². The SMILES string of the molecule is COc1c(-c2cc(N)no2)cc(F)c(Cl)c1F. The molecule has 2 N–H and O–H groups in total. The van der Waals surface area contributed by atoms with Gasteiger partial charge in [0.15, 0.2) is 23.1 Å². The van der Waals surface area contributed by atoms with E-state index < -0.39 is 16.7 Å². The summed E-state index contributed by atoms with van der Waals surface area (Å²) in [4.78, 5) is 0. The zero-order valence-electron chi connectivity index (χ0n) is 8.63. The molecule has 1 aromatic heterocycles. The summed E-state index contributed by atoms with van der Waals surface area (Å²) in [6, 6.07) is 2.31. The smallest absolute Gasteiger partial charge is 0.187 e. The van der Waals surface area contributed by atoms with Gasteiger partial charge in [-0.3, -0.25) is 0 Å². The van der Waals surface area contributed by atoms with Crippen molar-refractivity contribution in [1.82, 2.24) is 5.16 Å². The predicted molar refractivity (Wildman–Crippen MR) is 57.8 cm³/mol. The van der Waals surface area contributed by atoms with Gasteiger partial charge in [-0.2, -0.15) is 0 Å². The number of benzene rings is 1. The van der Waals surface area contributed by atoms with Gasteiger partial charge in [-0.1, -0.05) is 16.8 Å². The van der Waals surface area contributed by atoms with Gasteiger partial charge < -0.3 is 15.0 Å². The molecule has 0 amide bonds. The van der Waals surface area contributed by atoms with Crippen LogP contribution < -0.4 is 10.5 Å². The molecule has 0 saturated carbocycles. The molecule has 0 radical (unpaired) electrons. The molecule has 1 aromatic carbocycles. The highest BCUT2D eigenvalue weighted by Crippen LogP contribution is 2.37. The van der Waals surface area contributed by atoms with Crippen LogP contribution in [-0.4, -0.2) is 12.3 Å². The molecule has 0 atom stereocenters. The number of halogens is 3. The van der Waals surface area contributed by atoms with Gasteiger partial charge in [-0.25, -0.2) is 8.78 Å². The van der Waals surface area contributed by atoms with Gasteiger partial charge in [0.1, 0.15) is 10.8 Å². The Kier molecular flexibility index (Phi) is 2.89. The van der Waals surface area contributed by atoms with Crippen LogP contribution in [0.5, 0.6) is 5.75 Å². The highest BCUT2D eigenvalue weighted by Gasteiger charge is 2.21. The molecule has 17 heavy (non-hydrogen) atoms. The van der Waals surface area contributed by atoms with Crippen LogP contribution in [0, 0.1) is 11.6 Å². The van der Waals surface area contributed by atoms with Crippen LogP contribution in [0.1, 0.15) is 0 Å². The summed E-state index contributed by atoms with van der Waals surface area (Å²) < 4.78 is 36.6. The van der Waals surface area contributed by atoms with Crippen molar-refractivity contribution in [3.05, 3.63) is 28.8 Å². The molecule has 4 nitrogen and oxygen atoms in total. The Labute approximate surface area is 99.9 Å². The van der Waals surface area contributed by atoms with E-state index in [0.29, 0.717) is 0 Å². The van der Waals surface area contributed by atoms with Gasteiger partial charge >= 0.3 is 0 Å². The van der Waals surface area contributed by atoms with E-state index in [-0.39, 0.29) is 22.9 Å². The Bertz CT molecular complexity index is 572. The third-order valence-corrected chi connectivity index (χ3v) is 2.46. The van der Waals surface area contributed by atoms with E-state index in [2.05, 4.69) is 5.16 Å². The summed E-state index contributed by atoms with van der Waals surface area (Å²) >= 11 is 5.43. The minimum Gasteiger partial charge on any atom is -0.493 e. The van der Waals surface area contributed by atoms with Crippen molar-refractivity contribution in [1.29, 1.82) is 0 Å². The lowest BCUT2D eigenvalue weighted by Gasteiger charge is -2.08. The number of hydrogen-bond donors (Lipinski definition) is 1. The molecular formula is C10H7ClF2N2O2. The number of nitrogen functional groups attached to an aromatic ring is 1. The lowest BCUT2D eigenvalue weighted by Crippen LogP contribution is -1.95. The molecule has 1 heterocycles. The lowest BCUT2D eigenvalue weighted by molar-refractivity contribution is 0.380. The molecule has 2 aromatic rings. The molecule has 0 aliphatic carbocycles. The standard InChI is InChI=1S/C10H7ClF2N2O2/c1-16-10-4(6-3-7(14)15-17-6)2-5(12)8(11)9(10)13/h2-3H,1H3,(H2,14,15). The number of hydrogen-bond acceptors (Lipinski definition) is 4. The zero-order valence-corrected chi connectivity index (χ0v) is 9.39. The van der Waals surface area contributed by atoms with Crippen molar-refractivity contribution in [2.24, 2.45) is 0 Å². The molecule has 2 rings (SSSR count). The first-order valence-corrected chi connectivity index (χ1v) is 4.86. The Morgan fingerprint density at radius 1 is 1.41 bits per heavy atom. The topological polar surface area (TPSA) is 61.3 Å². The highest BCUT2D eigenvalue weighted by molar-refractivity contribution is 6.31. The molecule has 0 aliphatic rings. The molecule has 0 saturated heterocycles. The fraction of sp³-hybridized carbons (Fsp3) is 0.100. The Morgan fingerprint density at radius 3 is 2.65 bits per heavy atom. The zero-order chi connectivity index (χ0) is 12.6. The highest BCUT2D eigenvalue weighted by atomic mass is 35.5. The van der Waals surface area contributed by atoms with Crippen molar-refractivity contribution in [3.63, 3.8) is 0 Å². The average Bonchev–Trinajstić information content (AvgIpc) is 2.72. The lowest BCUT2D eigenvalue weighted by atomic mass is 10.1. The Hall–Kier alpha value is -1.82. The van der Waals surface area contributed by atoms with Crippen molar-refractivity contribution in [2.75, 3.05) is 12.8 Å². The summed E-state index contributed by atoms with van der Waals surface area (Å²) in [6.45, 7) is 0. The van der Waals surface area contributed by atoms with E-state index in [9.17, 15) is 8.78 Å². The number of rotatable bonds is 2. The second-order valence-corrected chi connectivity index (χ2v) is 3.56. The third-order valence-electron chi connectivity index (χ3n) is 2.12. The molecule has 0 bridgehead atoms. The van der Waals surface area contributed by atoms with E-state index in [4.69, 9.17) is 26.6 Å². The number of ether oxygens (including phenoxy) is 1. The first kappa shape index (κ1) is 11.7. The summed E-state index contributed by atoms with van der Waals surface area (Å²) in [5.41, 5.74) is 5.41. The van der Waals surface area contributed by atoms with Gasteiger partial charge in [0.2, 0.25) is 0 Å². The van der Waals surface area contributed by atoms with Crippen LogP contribution in [0.4, 0.5) is 14.6 Å². The van der Waals surface area contributed by atoms with E-state index in [1.54, 1.807) is 0 Å². The van der Waals surface area contributed by atoms with Crippen molar-refractivity contribution >= 4 is 17.4 Å². The summed E-state index contributed by atoms with van der Waals surface area (Å²) in [5.74, 6) is -1.96. The van der Waals surface area contributed by atoms with E-state index in [0.717, 1.165) is 6.07 Å². The fourth-order valence-electron chi connectivity index (χ4n) is 1.38.